The molecule has 1 fully saturated rings. The Labute approximate surface area is 144 Å². The van der Waals surface area contributed by atoms with Crippen molar-refractivity contribution >= 4 is 23.2 Å². The highest BCUT2D eigenvalue weighted by molar-refractivity contribution is 7.09. The second kappa shape index (κ2) is 8.10. The van der Waals surface area contributed by atoms with Gasteiger partial charge in [-0.25, -0.2) is 4.98 Å². The van der Waals surface area contributed by atoms with E-state index in [1.54, 1.807) is 28.6 Å². The molecule has 24 heavy (non-hydrogen) atoms. The molecule has 0 aromatic carbocycles. The summed E-state index contributed by atoms with van der Waals surface area (Å²) < 4.78 is 5.26. The number of aromatic nitrogens is 1. The number of aryl methyl sites for hydroxylation is 1. The van der Waals surface area contributed by atoms with E-state index < -0.39 is 0 Å². The molecule has 1 N–H and O–H groups in total. The molecule has 0 bridgehead atoms. The molecule has 3 heterocycles. The smallest absolute Gasteiger partial charge is 0.225 e. The monoisotopic (exact) mass is 347 g/mol. The van der Waals surface area contributed by atoms with E-state index in [9.17, 15) is 9.59 Å². The highest BCUT2D eigenvalue weighted by atomic mass is 32.1. The molecule has 1 aliphatic heterocycles. The fourth-order valence-corrected chi connectivity index (χ4v) is 3.49. The minimum atomic E-state index is -0.258. The number of thiazole rings is 1. The Bertz CT molecular complexity index is 655. The fraction of sp³-hybridized carbons (Fsp3) is 0.471. The summed E-state index contributed by atoms with van der Waals surface area (Å²) in [5, 5.41) is 6.06. The van der Waals surface area contributed by atoms with Gasteiger partial charge in [0.05, 0.1) is 23.7 Å². The van der Waals surface area contributed by atoms with Crippen molar-refractivity contribution in [2.45, 2.75) is 32.2 Å². The number of rotatable bonds is 8. The third kappa shape index (κ3) is 4.44. The first-order chi connectivity index (χ1) is 11.7. The summed E-state index contributed by atoms with van der Waals surface area (Å²) >= 11 is 1.66. The summed E-state index contributed by atoms with van der Waals surface area (Å²) in [6.45, 7) is 1.54. The molecule has 6 nitrogen and oxygen atoms in total. The zero-order valence-corrected chi connectivity index (χ0v) is 14.3. The van der Waals surface area contributed by atoms with Crippen molar-refractivity contribution in [3.63, 3.8) is 0 Å². The summed E-state index contributed by atoms with van der Waals surface area (Å²) in [6, 6.07) is 3.63. The van der Waals surface area contributed by atoms with Crippen LogP contribution >= 0.6 is 11.3 Å². The number of carbonyl (C=O) groups is 2. The zero-order valence-electron chi connectivity index (χ0n) is 13.4. The standard InChI is InChI=1S/C17H21N3O3S/c21-16-10-13(11-20(16)12-14-4-3-8-23-14)17(22)19-6-2-1-5-15-18-7-9-24-15/h3-4,7-9,13H,1-2,5-6,10-12H2,(H,19,22). The predicted octanol–water partition coefficient (Wildman–Crippen LogP) is 2.22. The Morgan fingerprint density at radius 2 is 2.38 bits per heavy atom. The number of furan rings is 1. The molecular weight excluding hydrogens is 326 g/mol. The van der Waals surface area contributed by atoms with Crippen LogP contribution in [-0.4, -0.2) is 34.8 Å². The van der Waals surface area contributed by atoms with E-state index >= 15 is 0 Å². The van der Waals surface area contributed by atoms with Gasteiger partial charge < -0.3 is 14.6 Å². The number of nitrogens with one attached hydrogen (secondary N) is 1. The Kier molecular flexibility index (Phi) is 5.63. The molecule has 128 valence electrons. The maximum atomic E-state index is 12.2. The van der Waals surface area contributed by atoms with Gasteiger partial charge in [-0.3, -0.25) is 9.59 Å². The van der Waals surface area contributed by atoms with Gasteiger partial charge in [-0.2, -0.15) is 0 Å². The van der Waals surface area contributed by atoms with Crippen LogP contribution in [0.15, 0.2) is 34.4 Å². The topological polar surface area (TPSA) is 75.4 Å². The van der Waals surface area contributed by atoms with Gasteiger partial charge in [0, 0.05) is 31.1 Å². The first-order valence-electron chi connectivity index (χ1n) is 8.18. The van der Waals surface area contributed by atoms with Gasteiger partial charge in [0.25, 0.3) is 0 Å². The second-order valence-corrected chi connectivity index (χ2v) is 6.91. The predicted molar refractivity (Wildman–Crippen MR) is 90.3 cm³/mol. The van der Waals surface area contributed by atoms with E-state index in [1.807, 2.05) is 17.6 Å². The second-order valence-electron chi connectivity index (χ2n) is 5.93. The lowest BCUT2D eigenvalue weighted by atomic mass is 10.1. The number of likely N-dealkylation sites (tertiary alicyclic amines) is 1. The van der Waals surface area contributed by atoms with E-state index in [4.69, 9.17) is 4.42 Å². The number of hydrogen-bond donors (Lipinski definition) is 1. The molecule has 3 rings (SSSR count). The Morgan fingerprint density at radius 1 is 1.46 bits per heavy atom. The van der Waals surface area contributed by atoms with E-state index in [2.05, 4.69) is 10.3 Å². The van der Waals surface area contributed by atoms with Gasteiger partial charge in [0.2, 0.25) is 11.8 Å². The molecule has 2 aromatic heterocycles. The molecule has 0 radical (unpaired) electrons. The SMILES string of the molecule is O=C(NCCCCc1nccs1)C1CC(=O)N(Cc2ccco2)C1. The number of nitrogens with zero attached hydrogens (tertiary/aromatic N) is 2. The van der Waals surface area contributed by atoms with Gasteiger partial charge in [-0.05, 0) is 31.4 Å². The average molecular weight is 347 g/mol. The highest BCUT2D eigenvalue weighted by Gasteiger charge is 2.34. The zero-order chi connectivity index (χ0) is 16.8. The summed E-state index contributed by atoms with van der Waals surface area (Å²) in [4.78, 5) is 30.2. The van der Waals surface area contributed by atoms with Crippen molar-refractivity contribution in [2.75, 3.05) is 13.1 Å². The van der Waals surface area contributed by atoms with Crippen LogP contribution < -0.4 is 5.32 Å². The lowest BCUT2D eigenvalue weighted by Gasteiger charge is -2.15. The lowest BCUT2D eigenvalue weighted by Crippen LogP contribution is -2.33. The maximum Gasteiger partial charge on any atom is 0.225 e. The van der Waals surface area contributed by atoms with Crippen LogP contribution in [0.2, 0.25) is 0 Å². The molecule has 1 atom stereocenters. The third-order valence-electron chi connectivity index (χ3n) is 4.11. The molecule has 1 unspecified atom stereocenters. The largest absolute Gasteiger partial charge is 0.467 e. The average Bonchev–Trinajstić information content (AvgIpc) is 3.31. The van der Waals surface area contributed by atoms with Crippen molar-refractivity contribution in [1.29, 1.82) is 0 Å². The first-order valence-corrected chi connectivity index (χ1v) is 9.06. The Balaban J connectivity index is 1.35. The minimum absolute atomic E-state index is 0.00956. The van der Waals surface area contributed by atoms with Gasteiger partial charge in [0.15, 0.2) is 0 Å². The van der Waals surface area contributed by atoms with Gasteiger partial charge in [0.1, 0.15) is 5.76 Å². The third-order valence-corrected chi connectivity index (χ3v) is 4.95. The van der Waals surface area contributed by atoms with E-state index in [1.165, 1.54) is 0 Å². The number of carbonyl (C=O) groups excluding carboxylic acids is 2. The van der Waals surface area contributed by atoms with Gasteiger partial charge >= 0.3 is 0 Å². The number of hydrogen-bond acceptors (Lipinski definition) is 5. The van der Waals surface area contributed by atoms with E-state index in [0.29, 0.717) is 19.6 Å². The highest BCUT2D eigenvalue weighted by Crippen LogP contribution is 2.20. The number of unbranched alkanes of at least 4 members (excludes halogenated alkanes) is 1. The van der Waals surface area contributed by atoms with Crippen LogP contribution in [-0.2, 0) is 22.6 Å². The molecule has 1 saturated heterocycles. The molecular formula is C17H21N3O3S. The van der Waals surface area contributed by atoms with Crippen molar-refractivity contribution in [2.24, 2.45) is 5.92 Å². The van der Waals surface area contributed by atoms with Crippen LogP contribution in [0.25, 0.3) is 0 Å². The minimum Gasteiger partial charge on any atom is -0.467 e. The van der Waals surface area contributed by atoms with E-state index in [-0.39, 0.29) is 24.2 Å². The molecule has 2 amide bonds. The molecule has 2 aromatic rings. The maximum absolute atomic E-state index is 12.2. The Morgan fingerprint density at radius 3 is 3.12 bits per heavy atom. The summed E-state index contributed by atoms with van der Waals surface area (Å²) in [7, 11) is 0. The summed E-state index contributed by atoms with van der Waals surface area (Å²) in [5.74, 6) is 0.466. The molecule has 1 aliphatic rings. The van der Waals surface area contributed by atoms with Crippen LogP contribution in [0.3, 0.4) is 0 Å². The molecule has 0 aliphatic carbocycles. The van der Waals surface area contributed by atoms with Crippen LogP contribution in [0.1, 0.15) is 30.0 Å². The Hall–Kier alpha value is -2.15. The van der Waals surface area contributed by atoms with Crippen molar-refractivity contribution in [1.82, 2.24) is 15.2 Å². The molecule has 0 spiro atoms. The fourth-order valence-electron chi connectivity index (χ4n) is 2.82. The van der Waals surface area contributed by atoms with Gasteiger partial charge in [-0.15, -0.1) is 11.3 Å². The van der Waals surface area contributed by atoms with Crippen molar-refractivity contribution in [3.05, 3.63) is 40.7 Å². The van der Waals surface area contributed by atoms with Crippen molar-refractivity contribution < 1.29 is 14.0 Å². The van der Waals surface area contributed by atoms with Crippen LogP contribution in [0, 0.1) is 5.92 Å². The van der Waals surface area contributed by atoms with Gasteiger partial charge in [-0.1, -0.05) is 0 Å². The van der Waals surface area contributed by atoms with Crippen LogP contribution in [0.4, 0.5) is 0 Å². The molecule has 7 heteroatoms. The van der Waals surface area contributed by atoms with E-state index in [0.717, 1.165) is 30.0 Å². The van der Waals surface area contributed by atoms with Crippen LogP contribution in [0.5, 0.6) is 0 Å². The normalized spacial score (nSPS) is 17.4. The first kappa shape index (κ1) is 16.7. The van der Waals surface area contributed by atoms with Crippen molar-refractivity contribution in [3.8, 4) is 0 Å². The number of amides is 2. The summed E-state index contributed by atoms with van der Waals surface area (Å²) in [5.41, 5.74) is 0. The lowest BCUT2D eigenvalue weighted by molar-refractivity contribution is -0.129. The molecule has 0 saturated carbocycles. The summed E-state index contributed by atoms with van der Waals surface area (Å²) in [6.07, 6.45) is 6.56. The quantitative estimate of drug-likeness (QED) is 0.743.